The predicted octanol–water partition coefficient (Wildman–Crippen LogP) is 3.99. The lowest BCUT2D eigenvalue weighted by Gasteiger charge is -2.06. The van der Waals surface area contributed by atoms with Gasteiger partial charge in [-0.15, -0.1) is 11.8 Å². The summed E-state index contributed by atoms with van der Waals surface area (Å²) in [5, 5.41) is 0.623. The third kappa shape index (κ3) is 3.12. The first-order valence-corrected chi connectivity index (χ1v) is 5.87. The highest BCUT2D eigenvalue weighted by Gasteiger charge is 2.02. The minimum atomic E-state index is 0.623. The molecule has 0 aliphatic rings. The van der Waals surface area contributed by atoms with Gasteiger partial charge in [0, 0.05) is 26.9 Å². The Kier molecular flexibility index (Phi) is 4.66. The minimum absolute atomic E-state index is 0.623. The number of para-hydroxylation sites is 1. The number of nitrogen functional groups attached to an aromatic ring is 1. The molecule has 0 saturated heterocycles. The van der Waals surface area contributed by atoms with Crippen LogP contribution in [0.2, 0.25) is 0 Å². The molecule has 0 radical (unpaired) electrons. The second kappa shape index (κ2) is 5.54. The van der Waals surface area contributed by atoms with Crippen LogP contribution in [0.3, 0.4) is 0 Å². The van der Waals surface area contributed by atoms with E-state index in [9.17, 15) is 0 Å². The molecule has 0 amide bonds. The Hall–Kier alpha value is -0.310. The molecule has 1 aromatic carbocycles. The number of hydrogen-bond donors (Lipinski definition) is 1. The van der Waals surface area contributed by atoms with Crippen LogP contribution in [0.25, 0.3) is 0 Å². The molecule has 0 aliphatic heterocycles. The molecule has 0 aromatic heterocycles. The van der Waals surface area contributed by atoms with Gasteiger partial charge in [0.1, 0.15) is 0 Å². The summed E-state index contributed by atoms with van der Waals surface area (Å²) in [7, 11) is 0. The SMILES string of the molecule is Cc1cccc(SCC(Cl)=CCl)c1N. The third-order valence-electron chi connectivity index (χ3n) is 1.77. The van der Waals surface area contributed by atoms with Gasteiger partial charge in [0.15, 0.2) is 0 Å². The van der Waals surface area contributed by atoms with Gasteiger partial charge in [-0.1, -0.05) is 35.3 Å². The number of hydrogen-bond acceptors (Lipinski definition) is 2. The Labute approximate surface area is 98.3 Å². The number of nitrogens with two attached hydrogens (primary N) is 1. The lowest BCUT2D eigenvalue weighted by atomic mass is 10.2. The Morgan fingerprint density at radius 2 is 2.29 bits per heavy atom. The van der Waals surface area contributed by atoms with E-state index in [1.54, 1.807) is 11.8 Å². The maximum absolute atomic E-state index is 5.89. The van der Waals surface area contributed by atoms with E-state index in [0.29, 0.717) is 10.8 Å². The van der Waals surface area contributed by atoms with Crippen molar-refractivity contribution in [2.45, 2.75) is 11.8 Å². The summed E-state index contributed by atoms with van der Waals surface area (Å²) < 4.78 is 0. The largest absolute Gasteiger partial charge is 0.398 e. The molecule has 1 aromatic rings. The van der Waals surface area contributed by atoms with Gasteiger partial charge in [-0.3, -0.25) is 0 Å². The van der Waals surface area contributed by atoms with Gasteiger partial charge in [0.25, 0.3) is 0 Å². The van der Waals surface area contributed by atoms with Crippen molar-refractivity contribution in [2.75, 3.05) is 11.5 Å². The molecule has 0 unspecified atom stereocenters. The van der Waals surface area contributed by atoms with Crippen molar-refractivity contribution in [2.24, 2.45) is 0 Å². The first-order chi connectivity index (χ1) is 6.65. The molecule has 0 saturated carbocycles. The summed E-state index contributed by atoms with van der Waals surface area (Å²) in [6, 6.07) is 5.94. The summed E-state index contributed by atoms with van der Waals surface area (Å²) >= 11 is 12.8. The molecule has 0 atom stereocenters. The Bertz CT molecular complexity index is 350. The minimum Gasteiger partial charge on any atom is -0.398 e. The molecule has 4 heteroatoms. The number of anilines is 1. The van der Waals surface area contributed by atoms with Gasteiger partial charge in [-0.25, -0.2) is 0 Å². The van der Waals surface area contributed by atoms with E-state index >= 15 is 0 Å². The molecule has 14 heavy (non-hydrogen) atoms. The zero-order valence-electron chi connectivity index (χ0n) is 7.76. The lowest BCUT2D eigenvalue weighted by Crippen LogP contribution is -1.92. The van der Waals surface area contributed by atoms with Crippen LogP contribution in [0.15, 0.2) is 33.7 Å². The van der Waals surface area contributed by atoms with Gasteiger partial charge >= 0.3 is 0 Å². The second-order valence-corrected chi connectivity index (χ2v) is 4.55. The van der Waals surface area contributed by atoms with Crippen molar-refractivity contribution in [3.8, 4) is 0 Å². The molecule has 76 valence electrons. The van der Waals surface area contributed by atoms with Gasteiger partial charge in [-0.05, 0) is 18.6 Å². The summed E-state index contributed by atoms with van der Waals surface area (Å²) in [4.78, 5) is 1.04. The average Bonchev–Trinajstić information content (AvgIpc) is 2.20. The monoisotopic (exact) mass is 247 g/mol. The van der Waals surface area contributed by atoms with Crippen molar-refractivity contribution in [1.82, 2.24) is 0 Å². The smallest absolute Gasteiger partial charge is 0.0482 e. The molecular formula is C10H11Cl2NS. The van der Waals surface area contributed by atoms with Crippen LogP contribution in [0.4, 0.5) is 5.69 Å². The van der Waals surface area contributed by atoms with Gasteiger partial charge in [0.05, 0.1) is 0 Å². The fourth-order valence-corrected chi connectivity index (χ4v) is 2.16. The molecule has 1 nitrogen and oxygen atoms in total. The van der Waals surface area contributed by atoms with Crippen LogP contribution < -0.4 is 5.73 Å². The number of thioether (sulfide) groups is 1. The van der Waals surface area contributed by atoms with Crippen LogP contribution in [0.1, 0.15) is 5.56 Å². The first-order valence-electron chi connectivity index (χ1n) is 4.07. The fraction of sp³-hybridized carbons (Fsp3) is 0.200. The maximum atomic E-state index is 5.89. The Morgan fingerprint density at radius 3 is 2.93 bits per heavy atom. The van der Waals surface area contributed by atoms with E-state index < -0.39 is 0 Å². The zero-order valence-corrected chi connectivity index (χ0v) is 10.1. The average molecular weight is 248 g/mol. The third-order valence-corrected chi connectivity index (χ3v) is 3.67. The standard InChI is InChI=1S/C10H11Cl2NS/c1-7-3-2-4-9(10(7)13)14-6-8(12)5-11/h2-5H,6,13H2,1H3. The predicted molar refractivity (Wildman–Crippen MR) is 66.1 cm³/mol. The number of benzene rings is 1. The Morgan fingerprint density at radius 1 is 1.57 bits per heavy atom. The van der Waals surface area contributed by atoms with E-state index in [1.165, 1.54) is 5.54 Å². The topological polar surface area (TPSA) is 26.0 Å². The molecule has 0 spiro atoms. The molecule has 2 N–H and O–H groups in total. The second-order valence-electron chi connectivity index (χ2n) is 2.83. The van der Waals surface area contributed by atoms with E-state index in [1.807, 2.05) is 25.1 Å². The van der Waals surface area contributed by atoms with Crippen LogP contribution in [0.5, 0.6) is 0 Å². The highest BCUT2D eigenvalue weighted by atomic mass is 35.5. The molecule has 0 heterocycles. The van der Waals surface area contributed by atoms with Gasteiger partial charge in [0.2, 0.25) is 0 Å². The molecule has 0 bridgehead atoms. The summed E-state index contributed by atoms with van der Waals surface area (Å²) in [5.74, 6) is 0.651. The van der Waals surface area contributed by atoms with E-state index in [-0.39, 0.29) is 0 Å². The zero-order chi connectivity index (χ0) is 10.6. The van der Waals surface area contributed by atoms with Crippen molar-refractivity contribution in [1.29, 1.82) is 0 Å². The molecular weight excluding hydrogens is 237 g/mol. The van der Waals surface area contributed by atoms with Crippen LogP contribution >= 0.6 is 35.0 Å². The Balaban J connectivity index is 2.73. The highest BCUT2D eigenvalue weighted by molar-refractivity contribution is 7.99. The highest BCUT2D eigenvalue weighted by Crippen LogP contribution is 2.29. The summed E-state index contributed by atoms with van der Waals surface area (Å²) in [5.41, 5.74) is 9.17. The van der Waals surface area contributed by atoms with Crippen molar-refractivity contribution >= 4 is 40.7 Å². The number of halogens is 2. The number of aryl methyl sites for hydroxylation is 1. The van der Waals surface area contributed by atoms with Gasteiger partial charge in [-0.2, -0.15) is 0 Å². The first kappa shape index (κ1) is 11.8. The van der Waals surface area contributed by atoms with E-state index in [2.05, 4.69) is 0 Å². The normalized spacial score (nSPS) is 11.8. The quantitative estimate of drug-likeness (QED) is 0.646. The van der Waals surface area contributed by atoms with Gasteiger partial charge < -0.3 is 5.73 Å². The van der Waals surface area contributed by atoms with E-state index in [0.717, 1.165) is 16.1 Å². The maximum Gasteiger partial charge on any atom is 0.0482 e. The lowest BCUT2D eigenvalue weighted by molar-refractivity contribution is 1.36. The molecule has 0 aliphatic carbocycles. The fourth-order valence-electron chi connectivity index (χ4n) is 0.958. The molecule has 1 rings (SSSR count). The van der Waals surface area contributed by atoms with Crippen LogP contribution in [-0.2, 0) is 0 Å². The van der Waals surface area contributed by atoms with Crippen molar-refractivity contribution in [3.63, 3.8) is 0 Å². The summed E-state index contributed by atoms with van der Waals surface area (Å²) in [6.07, 6.45) is 0. The molecule has 0 fully saturated rings. The van der Waals surface area contributed by atoms with E-state index in [4.69, 9.17) is 28.9 Å². The number of rotatable bonds is 3. The van der Waals surface area contributed by atoms with Crippen molar-refractivity contribution < 1.29 is 0 Å². The van der Waals surface area contributed by atoms with Crippen molar-refractivity contribution in [3.05, 3.63) is 34.3 Å². The summed E-state index contributed by atoms with van der Waals surface area (Å²) in [6.45, 7) is 1.98. The van der Waals surface area contributed by atoms with Crippen LogP contribution in [-0.4, -0.2) is 5.75 Å². The van der Waals surface area contributed by atoms with Crippen LogP contribution in [0, 0.1) is 6.92 Å².